The molecule has 0 amide bonds. The Bertz CT molecular complexity index is 320. The molecule has 1 aromatic carbocycles. The zero-order chi connectivity index (χ0) is 9.26. The number of benzene rings is 1. The van der Waals surface area contributed by atoms with Crippen LogP contribution in [-0.2, 0) is 12.8 Å². The van der Waals surface area contributed by atoms with Gasteiger partial charge in [0, 0.05) is 5.69 Å². The smallest absolute Gasteiger partial charge is 0.122 e. The summed E-state index contributed by atoms with van der Waals surface area (Å²) in [6.45, 7) is 0. The number of hydrogen-bond donors (Lipinski definition) is 1. The fraction of sp³-hybridized carbons (Fsp3) is 0.455. The number of hydrogen-bond acceptors (Lipinski definition) is 2. The zero-order valence-electron chi connectivity index (χ0n) is 7.97. The van der Waals surface area contributed by atoms with Crippen molar-refractivity contribution >= 4 is 5.69 Å². The summed E-state index contributed by atoms with van der Waals surface area (Å²) in [4.78, 5) is 0. The van der Waals surface area contributed by atoms with Crippen molar-refractivity contribution in [1.29, 1.82) is 0 Å². The fourth-order valence-electron chi connectivity index (χ4n) is 2.05. The molecule has 70 valence electrons. The highest BCUT2D eigenvalue weighted by Gasteiger charge is 2.15. The van der Waals surface area contributed by atoms with Crippen molar-refractivity contribution in [2.75, 3.05) is 12.8 Å². The molecule has 2 N–H and O–H groups in total. The molecule has 0 radical (unpaired) electrons. The van der Waals surface area contributed by atoms with E-state index in [0.29, 0.717) is 0 Å². The molecule has 1 aromatic rings. The van der Waals surface area contributed by atoms with E-state index in [0.717, 1.165) is 24.3 Å². The van der Waals surface area contributed by atoms with Crippen LogP contribution < -0.4 is 10.5 Å². The van der Waals surface area contributed by atoms with Crippen LogP contribution in [0, 0.1) is 0 Å². The lowest BCUT2D eigenvalue weighted by atomic mass is 9.90. The van der Waals surface area contributed by atoms with Crippen LogP contribution in [0.4, 0.5) is 5.69 Å². The number of rotatable bonds is 1. The van der Waals surface area contributed by atoms with E-state index in [1.54, 1.807) is 7.11 Å². The van der Waals surface area contributed by atoms with Crippen molar-refractivity contribution in [2.45, 2.75) is 25.7 Å². The van der Waals surface area contributed by atoms with Gasteiger partial charge in [-0.1, -0.05) is 0 Å². The molecule has 0 spiro atoms. The molecule has 0 aromatic heterocycles. The Kier molecular flexibility index (Phi) is 2.13. The summed E-state index contributed by atoms with van der Waals surface area (Å²) in [5.41, 5.74) is 9.47. The van der Waals surface area contributed by atoms with E-state index in [9.17, 15) is 0 Å². The first-order valence-electron chi connectivity index (χ1n) is 4.77. The maximum absolute atomic E-state index is 5.91. The summed E-state index contributed by atoms with van der Waals surface area (Å²) in [5.74, 6) is 1.00. The molecular formula is C11H15NO. The summed E-state index contributed by atoms with van der Waals surface area (Å²) < 4.78 is 5.31. The highest BCUT2D eigenvalue weighted by atomic mass is 16.5. The van der Waals surface area contributed by atoms with Crippen molar-refractivity contribution in [2.24, 2.45) is 0 Å². The maximum atomic E-state index is 5.91. The van der Waals surface area contributed by atoms with Gasteiger partial charge < -0.3 is 10.5 Å². The van der Waals surface area contributed by atoms with Gasteiger partial charge in [-0.25, -0.2) is 0 Å². The third kappa shape index (κ3) is 1.37. The van der Waals surface area contributed by atoms with Gasteiger partial charge in [0.15, 0.2) is 0 Å². The molecule has 0 saturated heterocycles. The van der Waals surface area contributed by atoms with E-state index in [-0.39, 0.29) is 0 Å². The summed E-state index contributed by atoms with van der Waals surface area (Å²) in [7, 11) is 1.72. The first kappa shape index (κ1) is 8.42. The summed E-state index contributed by atoms with van der Waals surface area (Å²) in [6, 6.07) is 3.92. The maximum Gasteiger partial charge on any atom is 0.122 e. The second-order valence-corrected chi connectivity index (χ2v) is 3.52. The molecule has 13 heavy (non-hydrogen) atoms. The second-order valence-electron chi connectivity index (χ2n) is 3.52. The van der Waals surface area contributed by atoms with Gasteiger partial charge in [-0.15, -0.1) is 0 Å². The molecule has 2 heteroatoms. The van der Waals surface area contributed by atoms with Gasteiger partial charge in [0.25, 0.3) is 0 Å². The molecule has 0 aliphatic heterocycles. The number of ether oxygens (including phenoxy) is 1. The SMILES string of the molecule is COc1ccc(N)c2c1CCCC2. The van der Waals surface area contributed by atoms with Gasteiger partial charge in [0.1, 0.15) is 5.75 Å². The van der Waals surface area contributed by atoms with Gasteiger partial charge in [0.2, 0.25) is 0 Å². The summed E-state index contributed by atoms with van der Waals surface area (Å²) >= 11 is 0. The predicted molar refractivity (Wildman–Crippen MR) is 54.0 cm³/mol. The van der Waals surface area contributed by atoms with E-state index < -0.39 is 0 Å². The van der Waals surface area contributed by atoms with Crippen molar-refractivity contribution in [3.05, 3.63) is 23.3 Å². The van der Waals surface area contributed by atoms with Gasteiger partial charge in [0.05, 0.1) is 7.11 Å². The number of fused-ring (bicyclic) bond motifs is 1. The van der Waals surface area contributed by atoms with Crippen LogP contribution in [0.1, 0.15) is 24.0 Å². The van der Waals surface area contributed by atoms with Crippen molar-refractivity contribution in [3.8, 4) is 5.75 Å². The predicted octanol–water partition coefficient (Wildman–Crippen LogP) is 2.16. The van der Waals surface area contributed by atoms with E-state index in [1.807, 2.05) is 12.1 Å². The zero-order valence-corrected chi connectivity index (χ0v) is 7.97. The molecule has 1 aliphatic carbocycles. The lowest BCUT2D eigenvalue weighted by molar-refractivity contribution is 0.406. The van der Waals surface area contributed by atoms with Gasteiger partial charge in [-0.3, -0.25) is 0 Å². The molecule has 0 bridgehead atoms. The van der Waals surface area contributed by atoms with Crippen molar-refractivity contribution in [1.82, 2.24) is 0 Å². The minimum Gasteiger partial charge on any atom is -0.496 e. The Morgan fingerprint density at radius 1 is 1.15 bits per heavy atom. The van der Waals surface area contributed by atoms with E-state index in [1.165, 1.54) is 24.0 Å². The Morgan fingerprint density at radius 2 is 1.85 bits per heavy atom. The lowest BCUT2D eigenvalue weighted by Crippen LogP contribution is -2.07. The second kappa shape index (κ2) is 3.29. The van der Waals surface area contributed by atoms with Gasteiger partial charge >= 0.3 is 0 Å². The third-order valence-electron chi connectivity index (χ3n) is 2.75. The number of anilines is 1. The van der Waals surface area contributed by atoms with Crippen LogP contribution in [0.5, 0.6) is 5.75 Å². The van der Waals surface area contributed by atoms with Crippen LogP contribution in [-0.4, -0.2) is 7.11 Å². The number of methoxy groups -OCH3 is 1. The average Bonchev–Trinajstić information content (AvgIpc) is 2.19. The lowest BCUT2D eigenvalue weighted by Gasteiger charge is -2.20. The Labute approximate surface area is 78.7 Å². The summed E-state index contributed by atoms with van der Waals surface area (Å²) in [6.07, 6.45) is 4.74. The monoisotopic (exact) mass is 177 g/mol. The normalized spacial score (nSPS) is 15.2. The van der Waals surface area contributed by atoms with Crippen LogP contribution >= 0.6 is 0 Å². The minimum atomic E-state index is 0.926. The standard InChI is InChI=1S/C11H15NO/c1-13-11-7-6-10(12)8-4-2-3-5-9(8)11/h6-7H,2-5,12H2,1H3. The molecule has 0 fully saturated rings. The molecule has 1 aliphatic rings. The van der Waals surface area contributed by atoms with Crippen molar-refractivity contribution < 1.29 is 4.74 Å². The average molecular weight is 177 g/mol. The number of nitrogen functional groups attached to an aromatic ring is 1. The quantitative estimate of drug-likeness (QED) is 0.667. The van der Waals surface area contributed by atoms with Crippen LogP contribution in [0.15, 0.2) is 12.1 Å². The van der Waals surface area contributed by atoms with Gasteiger partial charge in [-0.05, 0) is 48.9 Å². The molecule has 2 nitrogen and oxygen atoms in total. The van der Waals surface area contributed by atoms with Gasteiger partial charge in [-0.2, -0.15) is 0 Å². The third-order valence-corrected chi connectivity index (χ3v) is 2.75. The topological polar surface area (TPSA) is 35.2 Å². The van der Waals surface area contributed by atoms with Crippen LogP contribution in [0.2, 0.25) is 0 Å². The Hall–Kier alpha value is -1.18. The largest absolute Gasteiger partial charge is 0.496 e. The highest BCUT2D eigenvalue weighted by Crippen LogP contribution is 2.33. The molecule has 0 heterocycles. The molecule has 0 unspecified atom stereocenters. The van der Waals surface area contributed by atoms with Crippen LogP contribution in [0.3, 0.4) is 0 Å². The number of nitrogens with two attached hydrogens (primary N) is 1. The van der Waals surface area contributed by atoms with E-state index in [4.69, 9.17) is 10.5 Å². The molecular weight excluding hydrogens is 162 g/mol. The first-order chi connectivity index (χ1) is 6.33. The molecule has 0 atom stereocenters. The minimum absolute atomic E-state index is 0.926. The fourth-order valence-corrected chi connectivity index (χ4v) is 2.05. The molecule has 2 rings (SSSR count). The van der Waals surface area contributed by atoms with Crippen LogP contribution in [0.25, 0.3) is 0 Å². The highest BCUT2D eigenvalue weighted by molar-refractivity contribution is 5.57. The Balaban J connectivity index is 2.52. The van der Waals surface area contributed by atoms with E-state index >= 15 is 0 Å². The Morgan fingerprint density at radius 3 is 2.54 bits per heavy atom. The van der Waals surface area contributed by atoms with Crippen molar-refractivity contribution in [3.63, 3.8) is 0 Å². The first-order valence-corrected chi connectivity index (χ1v) is 4.77. The molecule has 0 saturated carbocycles. The van der Waals surface area contributed by atoms with E-state index in [2.05, 4.69) is 0 Å². The summed E-state index contributed by atoms with van der Waals surface area (Å²) in [5, 5.41) is 0.